The summed E-state index contributed by atoms with van der Waals surface area (Å²) in [6.45, 7) is 0.183. The Bertz CT molecular complexity index is 942. The van der Waals surface area contributed by atoms with E-state index in [1.165, 1.54) is 0 Å². The van der Waals surface area contributed by atoms with Gasteiger partial charge in [-0.2, -0.15) is 0 Å². The van der Waals surface area contributed by atoms with Crippen molar-refractivity contribution in [3.8, 4) is 5.75 Å². The van der Waals surface area contributed by atoms with Crippen LogP contribution >= 0.6 is 11.6 Å². The minimum atomic E-state index is -0.496. The number of nitrogens with one attached hydrogen (secondary N) is 1. The standard InChI is InChI=1S/C22H18ClNO4/c23-20-9-5-4-8-19(20)22(26)24-17-10-12-18(13-11-17)28-21(25)15-27-14-16-6-2-1-3-7-16/h1-13H,14-15H2,(H,24,26). The summed E-state index contributed by atoms with van der Waals surface area (Å²) in [7, 11) is 0. The highest BCUT2D eigenvalue weighted by Gasteiger charge is 2.10. The smallest absolute Gasteiger partial charge is 0.337 e. The van der Waals surface area contributed by atoms with Gasteiger partial charge in [0.1, 0.15) is 12.4 Å². The van der Waals surface area contributed by atoms with Crippen molar-refractivity contribution in [3.05, 3.63) is 95.0 Å². The third kappa shape index (κ3) is 5.67. The van der Waals surface area contributed by atoms with Crippen molar-refractivity contribution < 1.29 is 19.1 Å². The second-order valence-corrected chi connectivity index (χ2v) is 6.32. The first-order chi connectivity index (χ1) is 13.6. The zero-order valence-electron chi connectivity index (χ0n) is 14.9. The SMILES string of the molecule is O=C(COCc1ccccc1)Oc1ccc(NC(=O)c2ccccc2Cl)cc1. The molecule has 3 rings (SSSR count). The molecule has 0 heterocycles. The molecule has 6 heteroatoms. The number of carbonyl (C=O) groups is 2. The minimum Gasteiger partial charge on any atom is -0.425 e. The molecule has 0 aliphatic rings. The fourth-order valence-corrected chi connectivity index (χ4v) is 2.66. The summed E-state index contributed by atoms with van der Waals surface area (Å²) >= 11 is 6.02. The van der Waals surface area contributed by atoms with Gasteiger partial charge in [-0.3, -0.25) is 4.79 Å². The lowest BCUT2D eigenvalue weighted by Crippen LogP contribution is -2.15. The molecule has 0 radical (unpaired) electrons. The number of benzene rings is 3. The number of hydrogen-bond acceptors (Lipinski definition) is 4. The largest absolute Gasteiger partial charge is 0.425 e. The van der Waals surface area contributed by atoms with Crippen molar-refractivity contribution >= 4 is 29.2 Å². The molecular weight excluding hydrogens is 378 g/mol. The molecule has 1 N–H and O–H groups in total. The quantitative estimate of drug-likeness (QED) is 0.464. The van der Waals surface area contributed by atoms with Crippen LogP contribution in [-0.4, -0.2) is 18.5 Å². The van der Waals surface area contributed by atoms with E-state index in [0.717, 1.165) is 5.56 Å². The van der Waals surface area contributed by atoms with Gasteiger partial charge in [0.2, 0.25) is 0 Å². The Morgan fingerprint density at radius 1 is 0.857 bits per heavy atom. The Morgan fingerprint density at radius 2 is 1.54 bits per heavy atom. The molecule has 142 valence electrons. The average Bonchev–Trinajstić information content (AvgIpc) is 2.70. The number of halogens is 1. The van der Waals surface area contributed by atoms with E-state index in [2.05, 4.69) is 5.32 Å². The van der Waals surface area contributed by atoms with Gasteiger partial charge in [0.25, 0.3) is 5.91 Å². The molecule has 0 saturated carbocycles. The molecule has 1 amide bonds. The van der Waals surface area contributed by atoms with Crippen molar-refractivity contribution in [3.63, 3.8) is 0 Å². The van der Waals surface area contributed by atoms with E-state index in [0.29, 0.717) is 28.6 Å². The van der Waals surface area contributed by atoms with Crippen molar-refractivity contribution in [1.82, 2.24) is 0 Å². The van der Waals surface area contributed by atoms with Crippen LogP contribution in [0.1, 0.15) is 15.9 Å². The van der Waals surface area contributed by atoms with Crippen LogP contribution in [0, 0.1) is 0 Å². The lowest BCUT2D eigenvalue weighted by molar-refractivity contribution is -0.139. The van der Waals surface area contributed by atoms with Gasteiger partial charge in [0.05, 0.1) is 17.2 Å². The molecule has 0 saturated heterocycles. The van der Waals surface area contributed by atoms with Crippen LogP contribution in [0.25, 0.3) is 0 Å². The monoisotopic (exact) mass is 395 g/mol. The number of anilines is 1. The minimum absolute atomic E-state index is 0.153. The van der Waals surface area contributed by atoms with Gasteiger partial charge in [-0.15, -0.1) is 0 Å². The molecule has 5 nitrogen and oxygen atoms in total. The van der Waals surface area contributed by atoms with Crippen molar-refractivity contribution in [1.29, 1.82) is 0 Å². The van der Waals surface area contributed by atoms with Crippen molar-refractivity contribution in [2.24, 2.45) is 0 Å². The highest BCUT2D eigenvalue weighted by molar-refractivity contribution is 6.34. The fraction of sp³-hybridized carbons (Fsp3) is 0.0909. The first kappa shape index (κ1) is 19.6. The number of hydrogen-bond donors (Lipinski definition) is 1. The van der Waals surface area contributed by atoms with Gasteiger partial charge >= 0.3 is 5.97 Å². The molecule has 28 heavy (non-hydrogen) atoms. The molecule has 0 spiro atoms. The van der Waals surface area contributed by atoms with Crippen LogP contribution in [0.4, 0.5) is 5.69 Å². The van der Waals surface area contributed by atoms with Gasteiger partial charge in [-0.05, 0) is 42.0 Å². The maximum atomic E-state index is 12.2. The summed E-state index contributed by atoms with van der Waals surface area (Å²) in [5, 5.41) is 3.12. The Balaban J connectivity index is 1.48. The summed E-state index contributed by atoms with van der Waals surface area (Å²) in [6, 6.07) is 22.8. The Kier molecular flexibility index (Phi) is 6.78. The van der Waals surface area contributed by atoms with Gasteiger partial charge in [-0.1, -0.05) is 54.1 Å². The van der Waals surface area contributed by atoms with E-state index in [1.807, 2.05) is 30.3 Å². The number of esters is 1. The van der Waals surface area contributed by atoms with Crippen LogP contribution in [0.2, 0.25) is 5.02 Å². The molecule has 3 aromatic rings. The maximum absolute atomic E-state index is 12.2. The number of ether oxygens (including phenoxy) is 2. The second-order valence-electron chi connectivity index (χ2n) is 5.91. The average molecular weight is 396 g/mol. The van der Waals surface area contributed by atoms with E-state index in [4.69, 9.17) is 21.1 Å². The van der Waals surface area contributed by atoms with Crippen LogP contribution in [0.5, 0.6) is 5.75 Å². The van der Waals surface area contributed by atoms with Gasteiger partial charge in [0.15, 0.2) is 0 Å². The Labute approximate surface area is 167 Å². The summed E-state index contributed by atoms with van der Waals surface area (Å²) in [5.74, 6) is -0.447. The predicted octanol–water partition coefficient (Wildman–Crippen LogP) is 4.71. The molecule has 0 aliphatic carbocycles. The second kappa shape index (κ2) is 9.69. The highest BCUT2D eigenvalue weighted by atomic mass is 35.5. The molecule has 0 unspecified atom stereocenters. The summed E-state index contributed by atoms with van der Waals surface area (Å²) < 4.78 is 10.6. The molecule has 0 aliphatic heterocycles. The lowest BCUT2D eigenvalue weighted by atomic mass is 10.2. The zero-order valence-corrected chi connectivity index (χ0v) is 15.7. The first-order valence-corrected chi connectivity index (χ1v) is 8.98. The number of carbonyl (C=O) groups excluding carboxylic acids is 2. The fourth-order valence-electron chi connectivity index (χ4n) is 2.44. The van der Waals surface area contributed by atoms with E-state index in [-0.39, 0.29) is 12.5 Å². The van der Waals surface area contributed by atoms with Gasteiger partial charge < -0.3 is 14.8 Å². The molecule has 0 atom stereocenters. The maximum Gasteiger partial charge on any atom is 0.337 e. The van der Waals surface area contributed by atoms with E-state index >= 15 is 0 Å². The highest BCUT2D eigenvalue weighted by Crippen LogP contribution is 2.19. The van der Waals surface area contributed by atoms with E-state index < -0.39 is 5.97 Å². The van der Waals surface area contributed by atoms with Crippen LogP contribution in [-0.2, 0) is 16.1 Å². The summed E-state index contributed by atoms with van der Waals surface area (Å²) in [6.07, 6.45) is 0. The third-order valence-electron chi connectivity index (χ3n) is 3.79. The topological polar surface area (TPSA) is 64.6 Å². The molecule has 0 bridgehead atoms. The van der Waals surface area contributed by atoms with Crippen LogP contribution in [0.15, 0.2) is 78.9 Å². The Hall–Kier alpha value is -3.15. The first-order valence-electron chi connectivity index (χ1n) is 8.60. The van der Waals surface area contributed by atoms with Crippen LogP contribution in [0.3, 0.4) is 0 Å². The predicted molar refractivity (Wildman–Crippen MR) is 108 cm³/mol. The molecular formula is C22H18ClNO4. The third-order valence-corrected chi connectivity index (χ3v) is 4.12. The molecule has 0 fully saturated rings. The summed E-state index contributed by atoms with van der Waals surface area (Å²) in [5.41, 5.74) is 1.93. The molecule has 0 aromatic heterocycles. The number of rotatable bonds is 7. The normalized spacial score (nSPS) is 10.3. The van der Waals surface area contributed by atoms with E-state index in [9.17, 15) is 9.59 Å². The van der Waals surface area contributed by atoms with Crippen LogP contribution < -0.4 is 10.1 Å². The number of amides is 1. The van der Waals surface area contributed by atoms with Crippen molar-refractivity contribution in [2.45, 2.75) is 6.61 Å². The lowest BCUT2D eigenvalue weighted by Gasteiger charge is -2.08. The molecule has 3 aromatic carbocycles. The zero-order chi connectivity index (χ0) is 19.8. The van der Waals surface area contributed by atoms with Gasteiger partial charge in [0, 0.05) is 5.69 Å². The van der Waals surface area contributed by atoms with Gasteiger partial charge in [-0.25, -0.2) is 4.79 Å². The van der Waals surface area contributed by atoms with E-state index in [1.54, 1.807) is 48.5 Å². The Morgan fingerprint density at radius 3 is 2.25 bits per heavy atom. The summed E-state index contributed by atoms with van der Waals surface area (Å²) in [4.78, 5) is 24.1. The van der Waals surface area contributed by atoms with Crippen molar-refractivity contribution in [2.75, 3.05) is 11.9 Å².